The monoisotopic (exact) mass is 326 g/mol. The van der Waals surface area contributed by atoms with E-state index in [2.05, 4.69) is 15.9 Å². The molecule has 0 spiro atoms. The number of carboxylic acids is 1. The predicted molar refractivity (Wildman–Crippen MR) is 75.2 cm³/mol. The second kappa shape index (κ2) is 5.21. The van der Waals surface area contributed by atoms with Crippen LogP contribution in [0.1, 0.15) is 17.3 Å². The summed E-state index contributed by atoms with van der Waals surface area (Å²) in [7, 11) is 0. The van der Waals surface area contributed by atoms with Gasteiger partial charge in [-0.1, -0.05) is 13.0 Å². The Morgan fingerprint density at radius 3 is 2.63 bits per heavy atom. The van der Waals surface area contributed by atoms with Crippen molar-refractivity contribution in [1.29, 1.82) is 0 Å². The molecule has 19 heavy (non-hydrogen) atoms. The quantitative estimate of drug-likeness (QED) is 0.885. The van der Waals surface area contributed by atoms with Gasteiger partial charge in [0, 0.05) is 17.6 Å². The number of hydrogen-bond acceptors (Lipinski definition) is 3. The zero-order valence-corrected chi connectivity index (χ0v) is 12.1. The molecular weight excluding hydrogens is 312 g/mol. The third-order valence-electron chi connectivity index (χ3n) is 3.51. The number of primary amides is 1. The number of aliphatic carboxylic acids is 1. The average molecular weight is 327 g/mol. The van der Waals surface area contributed by atoms with Gasteiger partial charge in [-0.3, -0.25) is 9.59 Å². The van der Waals surface area contributed by atoms with Crippen LogP contribution in [-0.4, -0.2) is 30.1 Å². The van der Waals surface area contributed by atoms with Gasteiger partial charge >= 0.3 is 5.97 Å². The number of amides is 1. The number of nitrogens with zero attached hydrogens (tertiary/aromatic N) is 1. The zero-order valence-electron chi connectivity index (χ0n) is 10.5. The molecule has 1 aliphatic rings. The van der Waals surface area contributed by atoms with Crippen LogP contribution in [0.15, 0.2) is 22.7 Å². The van der Waals surface area contributed by atoms with Gasteiger partial charge in [0.1, 0.15) is 0 Å². The zero-order chi connectivity index (χ0) is 14.2. The molecule has 1 heterocycles. The largest absolute Gasteiger partial charge is 0.481 e. The molecule has 1 fully saturated rings. The Morgan fingerprint density at radius 2 is 2.11 bits per heavy atom. The normalized spacial score (nSPS) is 22.5. The average Bonchev–Trinajstić information content (AvgIpc) is 2.70. The molecule has 0 aliphatic carbocycles. The van der Waals surface area contributed by atoms with E-state index in [9.17, 15) is 9.59 Å². The van der Waals surface area contributed by atoms with Gasteiger partial charge in [-0.15, -0.1) is 0 Å². The number of nitrogens with two attached hydrogens (primary N) is 1. The lowest BCUT2D eigenvalue weighted by molar-refractivity contribution is -0.142. The molecule has 0 unspecified atom stereocenters. The minimum atomic E-state index is -0.800. The smallest absolute Gasteiger partial charge is 0.308 e. The molecule has 0 radical (unpaired) electrons. The Kier molecular flexibility index (Phi) is 3.80. The SMILES string of the molecule is C[C@@H]1CN(c2cccc(Br)c2C(N)=O)C[C@H]1C(=O)O. The van der Waals surface area contributed by atoms with Gasteiger partial charge in [-0.05, 0) is 34.0 Å². The summed E-state index contributed by atoms with van der Waals surface area (Å²) in [5, 5.41) is 9.15. The highest BCUT2D eigenvalue weighted by molar-refractivity contribution is 9.10. The van der Waals surface area contributed by atoms with Crippen LogP contribution < -0.4 is 10.6 Å². The Bertz CT molecular complexity index is 533. The summed E-state index contributed by atoms with van der Waals surface area (Å²) < 4.78 is 0.629. The first-order valence-corrected chi connectivity index (χ1v) is 6.77. The van der Waals surface area contributed by atoms with Crippen LogP contribution in [0.25, 0.3) is 0 Å². The van der Waals surface area contributed by atoms with Gasteiger partial charge in [-0.25, -0.2) is 0 Å². The summed E-state index contributed by atoms with van der Waals surface area (Å²) in [5.74, 6) is -1.70. The molecule has 1 aromatic rings. The van der Waals surface area contributed by atoms with E-state index in [1.54, 1.807) is 12.1 Å². The van der Waals surface area contributed by atoms with Crippen LogP contribution in [0, 0.1) is 11.8 Å². The molecule has 102 valence electrons. The number of rotatable bonds is 3. The van der Waals surface area contributed by atoms with E-state index in [1.807, 2.05) is 17.9 Å². The van der Waals surface area contributed by atoms with Crippen LogP contribution in [0.5, 0.6) is 0 Å². The highest BCUT2D eigenvalue weighted by Crippen LogP contribution is 2.33. The topological polar surface area (TPSA) is 83.6 Å². The number of anilines is 1. The van der Waals surface area contributed by atoms with Crippen molar-refractivity contribution in [2.75, 3.05) is 18.0 Å². The summed E-state index contributed by atoms with van der Waals surface area (Å²) >= 11 is 3.31. The van der Waals surface area contributed by atoms with Crippen molar-refractivity contribution in [1.82, 2.24) is 0 Å². The summed E-state index contributed by atoms with van der Waals surface area (Å²) in [6.45, 7) is 2.90. The molecule has 0 saturated carbocycles. The highest BCUT2D eigenvalue weighted by Gasteiger charge is 2.36. The second-order valence-electron chi connectivity index (χ2n) is 4.83. The number of hydrogen-bond donors (Lipinski definition) is 2. The van der Waals surface area contributed by atoms with Crippen LogP contribution in [0.4, 0.5) is 5.69 Å². The van der Waals surface area contributed by atoms with E-state index in [4.69, 9.17) is 10.8 Å². The molecule has 1 amide bonds. The Balaban J connectivity index is 2.37. The summed E-state index contributed by atoms with van der Waals surface area (Å²) in [4.78, 5) is 24.6. The number of carbonyl (C=O) groups is 2. The van der Waals surface area contributed by atoms with Crippen LogP contribution in [0.3, 0.4) is 0 Å². The van der Waals surface area contributed by atoms with E-state index in [-0.39, 0.29) is 5.92 Å². The molecule has 0 aromatic heterocycles. The standard InChI is InChI=1S/C13H15BrN2O3/c1-7-5-16(6-8(7)13(18)19)10-4-2-3-9(14)11(10)12(15)17/h2-4,7-8H,5-6H2,1H3,(H2,15,17)(H,18,19)/t7-,8-/m1/s1. The second-order valence-corrected chi connectivity index (χ2v) is 5.68. The van der Waals surface area contributed by atoms with Crippen molar-refractivity contribution in [3.8, 4) is 0 Å². The molecule has 3 N–H and O–H groups in total. The van der Waals surface area contributed by atoms with Gasteiger partial charge in [0.25, 0.3) is 5.91 Å². The number of carboxylic acid groups (broad SMARTS) is 1. The lowest BCUT2D eigenvalue weighted by Crippen LogP contribution is -2.26. The third kappa shape index (κ3) is 2.58. The lowest BCUT2D eigenvalue weighted by Gasteiger charge is -2.21. The maximum absolute atomic E-state index is 11.5. The first kappa shape index (κ1) is 13.9. The van der Waals surface area contributed by atoms with Crippen LogP contribution >= 0.6 is 15.9 Å². The fourth-order valence-corrected chi connectivity index (χ4v) is 3.06. The van der Waals surface area contributed by atoms with Crippen LogP contribution in [-0.2, 0) is 4.79 Å². The van der Waals surface area contributed by atoms with Crippen molar-refractivity contribution in [2.45, 2.75) is 6.92 Å². The molecule has 0 bridgehead atoms. The first-order valence-electron chi connectivity index (χ1n) is 5.98. The Hall–Kier alpha value is -1.56. The summed E-state index contributed by atoms with van der Waals surface area (Å²) in [5.41, 5.74) is 6.50. The predicted octanol–water partition coefficient (Wildman–Crippen LogP) is 1.70. The first-order chi connectivity index (χ1) is 8.91. The Morgan fingerprint density at radius 1 is 1.42 bits per heavy atom. The van der Waals surface area contributed by atoms with Crippen molar-refractivity contribution >= 4 is 33.5 Å². The molecular formula is C13H15BrN2O3. The Labute approximate surface area is 119 Å². The van der Waals surface area contributed by atoms with Crippen molar-refractivity contribution in [3.63, 3.8) is 0 Å². The minimum Gasteiger partial charge on any atom is -0.481 e. The maximum atomic E-state index is 11.5. The van der Waals surface area contributed by atoms with E-state index in [0.717, 1.165) is 0 Å². The maximum Gasteiger partial charge on any atom is 0.308 e. The molecule has 1 aliphatic heterocycles. The van der Waals surface area contributed by atoms with E-state index < -0.39 is 17.8 Å². The molecule has 2 atom stereocenters. The summed E-state index contributed by atoms with van der Waals surface area (Å²) in [6.07, 6.45) is 0. The molecule has 1 aromatic carbocycles. The molecule has 2 rings (SSSR count). The van der Waals surface area contributed by atoms with Crippen molar-refractivity contribution in [2.24, 2.45) is 17.6 Å². The van der Waals surface area contributed by atoms with Gasteiger partial charge in [-0.2, -0.15) is 0 Å². The lowest BCUT2D eigenvalue weighted by atomic mass is 9.99. The molecule has 5 nitrogen and oxygen atoms in total. The third-order valence-corrected chi connectivity index (χ3v) is 4.17. The van der Waals surface area contributed by atoms with E-state index >= 15 is 0 Å². The fraction of sp³-hybridized carbons (Fsp3) is 0.385. The molecule has 6 heteroatoms. The number of carbonyl (C=O) groups excluding carboxylic acids is 1. The van der Waals surface area contributed by atoms with Gasteiger partial charge in [0.2, 0.25) is 0 Å². The fourth-order valence-electron chi connectivity index (χ4n) is 2.51. The van der Waals surface area contributed by atoms with E-state index in [1.165, 1.54) is 0 Å². The van der Waals surface area contributed by atoms with Crippen molar-refractivity contribution < 1.29 is 14.7 Å². The van der Waals surface area contributed by atoms with Crippen molar-refractivity contribution in [3.05, 3.63) is 28.2 Å². The highest BCUT2D eigenvalue weighted by atomic mass is 79.9. The number of benzene rings is 1. The van der Waals surface area contributed by atoms with Gasteiger partial charge < -0.3 is 15.7 Å². The van der Waals surface area contributed by atoms with Gasteiger partial charge in [0.05, 0.1) is 17.2 Å². The minimum absolute atomic E-state index is 0.0391. The molecule has 1 saturated heterocycles. The number of halogens is 1. The van der Waals surface area contributed by atoms with Gasteiger partial charge in [0.15, 0.2) is 0 Å². The van der Waals surface area contributed by atoms with Crippen LogP contribution in [0.2, 0.25) is 0 Å². The van der Waals surface area contributed by atoms with E-state index in [0.29, 0.717) is 28.8 Å². The summed E-state index contributed by atoms with van der Waals surface area (Å²) in [6, 6.07) is 5.35.